The van der Waals surface area contributed by atoms with Crippen LogP contribution in [-0.4, -0.2) is 23.6 Å². The minimum atomic E-state index is -0.897. The summed E-state index contributed by atoms with van der Waals surface area (Å²) >= 11 is 0. The van der Waals surface area contributed by atoms with Crippen molar-refractivity contribution < 1.29 is 19.2 Å². The summed E-state index contributed by atoms with van der Waals surface area (Å²) in [5.74, 6) is -2.17. The molecule has 1 fully saturated rings. The van der Waals surface area contributed by atoms with Crippen LogP contribution in [0, 0.1) is 0 Å². The number of imide groups is 2. The Morgan fingerprint density at radius 3 is 1.58 bits per heavy atom. The lowest BCUT2D eigenvalue weighted by Gasteiger charge is -2.24. The van der Waals surface area contributed by atoms with Gasteiger partial charge in [-0.05, 0) is 16.7 Å². The molecule has 0 spiro atoms. The van der Waals surface area contributed by atoms with Gasteiger partial charge in [0.15, 0.2) is 5.78 Å². The third-order valence-corrected chi connectivity index (χ3v) is 4.04. The SMILES string of the molecule is O=C1NC(=O)C(=C2C(=O)c3ccccc3-c3ccccc32)C(=O)N1. The Labute approximate surface area is 136 Å². The van der Waals surface area contributed by atoms with E-state index in [1.54, 1.807) is 24.3 Å². The van der Waals surface area contributed by atoms with Gasteiger partial charge in [-0.1, -0.05) is 48.5 Å². The number of fused-ring (bicyclic) bond motifs is 3. The highest BCUT2D eigenvalue weighted by atomic mass is 16.2. The summed E-state index contributed by atoms with van der Waals surface area (Å²) in [6.07, 6.45) is 0. The van der Waals surface area contributed by atoms with E-state index in [0.717, 1.165) is 11.1 Å². The Hall–Kier alpha value is -3.54. The number of barbiturate groups is 1. The number of Topliss-reactive ketones (excluding diaryl/α,β-unsaturated/α-hetero) is 1. The first-order chi connectivity index (χ1) is 11.6. The first-order valence-electron chi connectivity index (χ1n) is 7.22. The van der Waals surface area contributed by atoms with Gasteiger partial charge in [-0.2, -0.15) is 0 Å². The maximum atomic E-state index is 12.9. The third kappa shape index (κ3) is 1.90. The molecular weight excluding hydrogens is 308 g/mol. The molecule has 2 aliphatic rings. The lowest BCUT2D eigenvalue weighted by Crippen LogP contribution is -2.52. The number of carbonyl (C=O) groups excluding carboxylic acids is 4. The molecule has 2 aromatic carbocycles. The van der Waals surface area contributed by atoms with Crippen LogP contribution in [-0.2, 0) is 9.59 Å². The molecule has 4 amide bonds. The lowest BCUT2D eigenvalue weighted by atomic mass is 9.79. The second kappa shape index (κ2) is 4.99. The van der Waals surface area contributed by atoms with E-state index in [4.69, 9.17) is 0 Å². The van der Waals surface area contributed by atoms with Crippen LogP contribution >= 0.6 is 0 Å². The van der Waals surface area contributed by atoms with Crippen LogP contribution < -0.4 is 10.6 Å². The van der Waals surface area contributed by atoms with Crippen LogP contribution in [0.1, 0.15) is 15.9 Å². The van der Waals surface area contributed by atoms with Gasteiger partial charge in [0.1, 0.15) is 5.57 Å². The van der Waals surface area contributed by atoms with Crippen LogP contribution in [0.2, 0.25) is 0 Å². The number of rotatable bonds is 0. The van der Waals surface area contributed by atoms with E-state index in [1.165, 1.54) is 0 Å². The molecule has 0 bridgehead atoms. The second-order valence-corrected chi connectivity index (χ2v) is 5.41. The van der Waals surface area contributed by atoms with Crippen molar-refractivity contribution in [3.63, 3.8) is 0 Å². The predicted octanol–water partition coefficient (Wildman–Crippen LogP) is 1.67. The van der Waals surface area contributed by atoms with Crippen LogP contribution in [0.3, 0.4) is 0 Å². The average Bonchev–Trinajstić information content (AvgIpc) is 2.57. The number of nitrogens with one attached hydrogen (secondary N) is 2. The first kappa shape index (κ1) is 14.1. The van der Waals surface area contributed by atoms with Crippen molar-refractivity contribution in [3.8, 4) is 11.1 Å². The number of benzene rings is 2. The van der Waals surface area contributed by atoms with E-state index in [2.05, 4.69) is 0 Å². The highest BCUT2D eigenvalue weighted by Gasteiger charge is 2.37. The molecule has 24 heavy (non-hydrogen) atoms. The van der Waals surface area contributed by atoms with E-state index in [1.807, 2.05) is 34.9 Å². The van der Waals surface area contributed by atoms with E-state index in [0.29, 0.717) is 11.1 Å². The predicted molar refractivity (Wildman–Crippen MR) is 84.8 cm³/mol. The second-order valence-electron chi connectivity index (χ2n) is 5.41. The molecule has 2 N–H and O–H groups in total. The zero-order valence-corrected chi connectivity index (χ0v) is 12.3. The zero-order chi connectivity index (χ0) is 16.8. The third-order valence-electron chi connectivity index (χ3n) is 4.04. The molecule has 6 nitrogen and oxygen atoms in total. The molecule has 2 aromatic rings. The Morgan fingerprint density at radius 2 is 1.00 bits per heavy atom. The molecular formula is C18H10N2O4. The topological polar surface area (TPSA) is 92.3 Å². The fourth-order valence-corrected chi connectivity index (χ4v) is 3.05. The Bertz CT molecular complexity index is 966. The van der Waals surface area contributed by atoms with Crippen LogP contribution in [0.5, 0.6) is 0 Å². The van der Waals surface area contributed by atoms with Gasteiger partial charge >= 0.3 is 6.03 Å². The number of hydrogen-bond acceptors (Lipinski definition) is 4. The molecule has 1 aliphatic carbocycles. The molecule has 0 unspecified atom stereocenters. The number of urea groups is 1. The van der Waals surface area contributed by atoms with Crippen molar-refractivity contribution in [1.82, 2.24) is 10.6 Å². The summed E-state index contributed by atoms with van der Waals surface area (Å²) in [6.45, 7) is 0. The van der Waals surface area contributed by atoms with Gasteiger partial charge in [0.25, 0.3) is 11.8 Å². The van der Waals surface area contributed by atoms with Crippen LogP contribution in [0.25, 0.3) is 16.7 Å². The summed E-state index contributed by atoms with van der Waals surface area (Å²) in [4.78, 5) is 48.6. The Balaban J connectivity index is 2.06. The van der Waals surface area contributed by atoms with Crippen molar-refractivity contribution in [3.05, 3.63) is 65.2 Å². The lowest BCUT2D eigenvalue weighted by molar-refractivity contribution is -0.123. The summed E-state index contributed by atoms with van der Waals surface area (Å²) in [5.41, 5.74) is 2.07. The number of carbonyl (C=O) groups is 4. The largest absolute Gasteiger partial charge is 0.328 e. The van der Waals surface area contributed by atoms with Gasteiger partial charge in [0, 0.05) is 11.1 Å². The Morgan fingerprint density at radius 1 is 0.542 bits per heavy atom. The molecule has 1 aliphatic heterocycles. The summed E-state index contributed by atoms with van der Waals surface area (Å²) in [6, 6.07) is 13.2. The minimum Gasteiger partial charge on any atom is -0.289 e. The molecule has 0 saturated carbocycles. The number of ketones is 1. The van der Waals surface area contributed by atoms with Crippen molar-refractivity contribution in [1.29, 1.82) is 0 Å². The molecule has 0 radical (unpaired) electrons. The van der Waals surface area contributed by atoms with Crippen molar-refractivity contribution in [2.24, 2.45) is 0 Å². The quantitative estimate of drug-likeness (QED) is 0.571. The number of amides is 4. The van der Waals surface area contributed by atoms with Gasteiger partial charge in [0.2, 0.25) is 0 Å². The monoisotopic (exact) mass is 318 g/mol. The van der Waals surface area contributed by atoms with Crippen molar-refractivity contribution in [2.75, 3.05) is 0 Å². The van der Waals surface area contributed by atoms with Gasteiger partial charge < -0.3 is 0 Å². The molecule has 6 heteroatoms. The van der Waals surface area contributed by atoms with Gasteiger partial charge in [-0.3, -0.25) is 25.0 Å². The highest BCUT2D eigenvalue weighted by molar-refractivity contribution is 6.45. The normalized spacial score (nSPS) is 16.3. The molecule has 1 heterocycles. The molecule has 116 valence electrons. The molecule has 4 rings (SSSR count). The standard InChI is InChI=1S/C18H10N2O4/c21-15-12-8-4-2-6-10(12)9-5-1-3-7-11(9)13(15)14-16(22)19-18(24)20-17(14)23/h1-8H,(H2,19,20,22,23,24). The van der Waals surface area contributed by atoms with Crippen LogP contribution in [0.4, 0.5) is 4.79 Å². The van der Waals surface area contributed by atoms with Crippen molar-refractivity contribution in [2.45, 2.75) is 0 Å². The van der Waals surface area contributed by atoms with Crippen molar-refractivity contribution >= 4 is 29.2 Å². The van der Waals surface area contributed by atoms with E-state index in [-0.39, 0.29) is 11.1 Å². The maximum absolute atomic E-state index is 12.9. The van der Waals surface area contributed by atoms with Gasteiger partial charge in [-0.25, -0.2) is 4.79 Å². The highest BCUT2D eigenvalue weighted by Crippen LogP contribution is 2.40. The maximum Gasteiger partial charge on any atom is 0.328 e. The summed E-state index contributed by atoms with van der Waals surface area (Å²) in [5, 5.41) is 4.03. The van der Waals surface area contributed by atoms with Crippen LogP contribution in [0.15, 0.2) is 54.1 Å². The van der Waals surface area contributed by atoms with Gasteiger partial charge in [-0.15, -0.1) is 0 Å². The fraction of sp³-hybridized carbons (Fsp3) is 0. The molecule has 0 aromatic heterocycles. The molecule has 0 atom stereocenters. The van der Waals surface area contributed by atoms with Gasteiger partial charge in [0.05, 0.1) is 0 Å². The first-order valence-corrected chi connectivity index (χ1v) is 7.22. The zero-order valence-electron chi connectivity index (χ0n) is 12.3. The number of hydrogen-bond donors (Lipinski definition) is 2. The molecule has 1 saturated heterocycles. The summed E-state index contributed by atoms with van der Waals surface area (Å²) in [7, 11) is 0. The average molecular weight is 318 g/mol. The summed E-state index contributed by atoms with van der Waals surface area (Å²) < 4.78 is 0. The Kier molecular flexibility index (Phi) is 2.93. The minimum absolute atomic E-state index is 0.00630. The smallest absolute Gasteiger partial charge is 0.289 e. The number of allylic oxidation sites excluding steroid dienone is 1. The van der Waals surface area contributed by atoms with E-state index < -0.39 is 23.6 Å². The van der Waals surface area contributed by atoms with E-state index in [9.17, 15) is 19.2 Å². The fourth-order valence-electron chi connectivity index (χ4n) is 3.05. The van der Waals surface area contributed by atoms with E-state index >= 15 is 0 Å².